The molecule has 1 aliphatic heterocycles. The highest BCUT2D eigenvalue weighted by molar-refractivity contribution is 5.72. The van der Waals surface area contributed by atoms with Crippen molar-refractivity contribution >= 4 is 5.91 Å². The van der Waals surface area contributed by atoms with Crippen LogP contribution in [0.4, 0.5) is 0 Å². The third-order valence-electron chi connectivity index (χ3n) is 6.26. The number of likely N-dealkylation sites (N-methyl/N-ethyl adjacent to an activating group) is 1. The van der Waals surface area contributed by atoms with Gasteiger partial charge in [-0.15, -0.1) is 0 Å². The molecule has 0 saturated carbocycles. The lowest BCUT2D eigenvalue weighted by Crippen LogP contribution is -2.55. The smallest absolute Gasteiger partial charge is 0.217 e. The van der Waals surface area contributed by atoms with E-state index in [2.05, 4.69) is 49.0 Å². The van der Waals surface area contributed by atoms with Crippen molar-refractivity contribution in [3.8, 4) is 0 Å². The topological polar surface area (TPSA) is 41.1 Å². The van der Waals surface area contributed by atoms with Crippen molar-refractivity contribution in [2.75, 3.05) is 19.6 Å². The molecule has 0 bridgehead atoms. The van der Waals surface area contributed by atoms with Gasteiger partial charge in [0.1, 0.15) is 12.7 Å². The third kappa shape index (κ3) is 11.5. The number of carbonyl (C=O) groups is 1. The molecule has 0 radical (unpaired) electrons. The maximum absolute atomic E-state index is 11.2. The molecule has 1 rings (SSSR count). The van der Waals surface area contributed by atoms with Gasteiger partial charge in [0.25, 0.3) is 0 Å². The summed E-state index contributed by atoms with van der Waals surface area (Å²) in [6.07, 6.45) is 27.0. The normalized spacial score (nSPS) is 21.0. The minimum atomic E-state index is 0.0593. The van der Waals surface area contributed by atoms with Crippen molar-refractivity contribution in [2.45, 2.75) is 110 Å². The van der Waals surface area contributed by atoms with E-state index in [-0.39, 0.29) is 5.91 Å². The number of hydrogen-bond donors (Lipinski definition) is 2. The van der Waals surface area contributed by atoms with Gasteiger partial charge >= 0.3 is 0 Å². The molecule has 0 aromatic heterocycles. The van der Waals surface area contributed by atoms with E-state index in [0.717, 1.165) is 24.1 Å². The van der Waals surface area contributed by atoms with E-state index in [1.807, 2.05) is 0 Å². The lowest BCUT2D eigenvalue weighted by atomic mass is 10.1. The standard InChI is InChI=1S/C25H47N3O/c1-4-6-7-8-9-10-11-12-13-14-15-16-17-18-19-25-27-21-23-28(25,5-2)22-20-26-24(3)29/h15-16,21,23,25,27H,4-14,17-20,22H2,1-3H3/p+1/b16-15+. The van der Waals surface area contributed by atoms with Gasteiger partial charge in [0.2, 0.25) is 5.91 Å². The Labute approximate surface area is 180 Å². The molecule has 1 aliphatic rings. The van der Waals surface area contributed by atoms with Crippen LogP contribution < -0.4 is 10.6 Å². The van der Waals surface area contributed by atoms with E-state index in [1.165, 1.54) is 83.5 Å². The van der Waals surface area contributed by atoms with Crippen LogP contribution >= 0.6 is 0 Å². The number of hydrogen-bond acceptors (Lipinski definition) is 2. The van der Waals surface area contributed by atoms with Crippen LogP contribution in [0.15, 0.2) is 24.6 Å². The minimum absolute atomic E-state index is 0.0593. The summed E-state index contributed by atoms with van der Waals surface area (Å²) in [5.41, 5.74) is 0. The summed E-state index contributed by atoms with van der Waals surface area (Å²) in [6, 6.07) is 0. The van der Waals surface area contributed by atoms with Crippen LogP contribution in [0.1, 0.15) is 104 Å². The van der Waals surface area contributed by atoms with Gasteiger partial charge in [0.15, 0.2) is 6.17 Å². The first-order valence-corrected chi connectivity index (χ1v) is 12.3. The van der Waals surface area contributed by atoms with E-state index in [1.54, 1.807) is 6.92 Å². The summed E-state index contributed by atoms with van der Waals surface area (Å²) >= 11 is 0. The van der Waals surface area contributed by atoms with Gasteiger partial charge in [-0.25, -0.2) is 0 Å². The van der Waals surface area contributed by atoms with Gasteiger partial charge in [-0.05, 0) is 32.6 Å². The average molecular weight is 407 g/mol. The van der Waals surface area contributed by atoms with Gasteiger partial charge in [0, 0.05) is 13.3 Å². The highest BCUT2D eigenvalue weighted by Gasteiger charge is 2.35. The second-order valence-electron chi connectivity index (χ2n) is 8.64. The SMILES string of the molecule is CCCCCCCCCCC/C=C/CCCC1NC=C[N+]1(CC)CCNC(C)=O. The van der Waals surface area contributed by atoms with Crippen molar-refractivity contribution in [1.29, 1.82) is 0 Å². The summed E-state index contributed by atoms with van der Waals surface area (Å²) in [6.45, 7) is 8.87. The van der Waals surface area contributed by atoms with E-state index >= 15 is 0 Å². The Balaban J connectivity index is 2.06. The van der Waals surface area contributed by atoms with E-state index in [4.69, 9.17) is 0 Å². The summed E-state index contributed by atoms with van der Waals surface area (Å²) in [5.74, 6) is 0.0593. The molecular formula is C25H48N3O+. The molecule has 2 atom stereocenters. The van der Waals surface area contributed by atoms with Crippen LogP contribution in [0.25, 0.3) is 0 Å². The van der Waals surface area contributed by atoms with Crippen LogP contribution in [-0.2, 0) is 4.79 Å². The predicted molar refractivity (Wildman–Crippen MR) is 125 cm³/mol. The van der Waals surface area contributed by atoms with Crippen molar-refractivity contribution in [3.05, 3.63) is 24.6 Å². The molecule has 0 fully saturated rings. The first kappa shape index (κ1) is 25.7. The lowest BCUT2D eigenvalue weighted by molar-refractivity contribution is -0.898. The Kier molecular flexibility index (Phi) is 14.6. The van der Waals surface area contributed by atoms with Gasteiger partial charge < -0.3 is 10.6 Å². The molecule has 1 heterocycles. The molecule has 1 amide bonds. The number of rotatable bonds is 18. The van der Waals surface area contributed by atoms with Crippen molar-refractivity contribution in [2.24, 2.45) is 0 Å². The minimum Gasteiger partial charge on any atom is -0.351 e. The van der Waals surface area contributed by atoms with Gasteiger partial charge in [0.05, 0.1) is 19.3 Å². The second kappa shape index (κ2) is 16.5. The molecule has 2 N–H and O–H groups in total. The molecule has 4 nitrogen and oxygen atoms in total. The van der Waals surface area contributed by atoms with Crippen LogP contribution in [0.3, 0.4) is 0 Å². The Hall–Kier alpha value is -1.29. The number of carbonyl (C=O) groups excluding carboxylic acids is 1. The average Bonchev–Trinajstić information content (AvgIpc) is 3.11. The maximum Gasteiger partial charge on any atom is 0.217 e. The number of nitrogens with zero attached hydrogens (tertiary/aromatic N) is 1. The summed E-state index contributed by atoms with van der Waals surface area (Å²) in [4.78, 5) is 11.2. The lowest BCUT2D eigenvalue weighted by Gasteiger charge is -2.37. The second-order valence-corrected chi connectivity index (χ2v) is 8.64. The van der Waals surface area contributed by atoms with Crippen molar-refractivity contribution in [1.82, 2.24) is 10.6 Å². The van der Waals surface area contributed by atoms with Crippen LogP contribution in [0.2, 0.25) is 0 Å². The maximum atomic E-state index is 11.2. The zero-order valence-corrected chi connectivity index (χ0v) is 19.6. The van der Waals surface area contributed by atoms with E-state index in [0.29, 0.717) is 6.17 Å². The van der Waals surface area contributed by atoms with Gasteiger partial charge in [-0.3, -0.25) is 9.28 Å². The van der Waals surface area contributed by atoms with Crippen molar-refractivity contribution < 1.29 is 9.28 Å². The van der Waals surface area contributed by atoms with Crippen molar-refractivity contribution in [3.63, 3.8) is 0 Å². The number of quaternary nitrogens is 1. The largest absolute Gasteiger partial charge is 0.351 e. The van der Waals surface area contributed by atoms with Gasteiger partial charge in [-0.1, -0.05) is 70.4 Å². The Morgan fingerprint density at radius 1 is 0.966 bits per heavy atom. The molecule has 168 valence electrons. The summed E-state index contributed by atoms with van der Waals surface area (Å²) < 4.78 is 0.933. The first-order chi connectivity index (χ1) is 14.1. The summed E-state index contributed by atoms with van der Waals surface area (Å²) in [5, 5.41) is 6.48. The van der Waals surface area contributed by atoms with E-state index in [9.17, 15) is 4.79 Å². The molecule has 29 heavy (non-hydrogen) atoms. The number of amides is 1. The molecule has 0 aliphatic carbocycles. The Bertz CT molecular complexity index is 475. The Morgan fingerprint density at radius 2 is 1.59 bits per heavy atom. The predicted octanol–water partition coefficient (Wildman–Crippen LogP) is 6.01. The number of allylic oxidation sites excluding steroid dienone is 2. The molecule has 0 saturated heterocycles. The van der Waals surface area contributed by atoms with Crippen LogP contribution in [-0.4, -0.2) is 36.2 Å². The Morgan fingerprint density at radius 3 is 2.21 bits per heavy atom. The quantitative estimate of drug-likeness (QED) is 0.166. The fourth-order valence-corrected chi connectivity index (χ4v) is 4.29. The monoisotopic (exact) mass is 406 g/mol. The fourth-order valence-electron chi connectivity index (χ4n) is 4.29. The zero-order valence-electron chi connectivity index (χ0n) is 19.6. The number of unbranched alkanes of at least 4 members (excludes halogenated alkanes) is 10. The molecule has 0 aromatic rings. The highest BCUT2D eigenvalue weighted by atomic mass is 16.1. The van der Waals surface area contributed by atoms with Gasteiger partial charge in [-0.2, -0.15) is 0 Å². The fraction of sp³-hybridized carbons (Fsp3) is 0.800. The van der Waals surface area contributed by atoms with Crippen LogP contribution in [0, 0.1) is 0 Å². The molecule has 0 spiro atoms. The molecule has 0 aromatic carbocycles. The zero-order chi connectivity index (χ0) is 21.2. The molecule has 4 heteroatoms. The van der Waals surface area contributed by atoms with Crippen LogP contribution in [0.5, 0.6) is 0 Å². The first-order valence-electron chi connectivity index (χ1n) is 12.3. The third-order valence-corrected chi connectivity index (χ3v) is 6.26. The van der Waals surface area contributed by atoms with E-state index < -0.39 is 0 Å². The molecular weight excluding hydrogens is 358 g/mol. The highest BCUT2D eigenvalue weighted by Crippen LogP contribution is 2.22. The summed E-state index contributed by atoms with van der Waals surface area (Å²) in [7, 11) is 0. The number of nitrogens with one attached hydrogen (secondary N) is 2. The molecule has 2 unspecified atom stereocenters.